The van der Waals surface area contributed by atoms with Crippen molar-refractivity contribution < 1.29 is 13.9 Å². The standard InChI is InChI=1S/C12H11ClF2IN3O/c13-8-2-1-6(9(17)5-20)3-7(8)10-4-19(11(14)15)12(16)18-10/h1-4,9,11,20H,5,17H2. The number of rotatable bonds is 4. The first kappa shape index (κ1) is 15.6. The summed E-state index contributed by atoms with van der Waals surface area (Å²) in [5, 5.41) is 9.45. The first-order chi connectivity index (χ1) is 9.43. The average Bonchev–Trinajstić information content (AvgIpc) is 2.80. The number of nitrogens with two attached hydrogens (primary N) is 1. The predicted molar refractivity (Wildman–Crippen MR) is 80.7 cm³/mol. The van der Waals surface area contributed by atoms with Crippen molar-refractivity contribution in [2.45, 2.75) is 12.6 Å². The number of hydrogen-bond acceptors (Lipinski definition) is 3. The Labute approximate surface area is 132 Å². The molecule has 4 nitrogen and oxygen atoms in total. The van der Waals surface area contributed by atoms with Crippen molar-refractivity contribution in [1.82, 2.24) is 9.55 Å². The first-order valence-electron chi connectivity index (χ1n) is 5.62. The Bertz CT molecular complexity index is 621. The van der Waals surface area contributed by atoms with E-state index in [4.69, 9.17) is 22.4 Å². The highest BCUT2D eigenvalue weighted by Gasteiger charge is 2.16. The fourth-order valence-corrected chi connectivity index (χ4v) is 2.54. The van der Waals surface area contributed by atoms with Crippen LogP contribution in [0.1, 0.15) is 18.2 Å². The smallest absolute Gasteiger partial charge is 0.320 e. The second-order valence-corrected chi connectivity index (χ2v) is 5.48. The van der Waals surface area contributed by atoms with Crippen LogP contribution in [0.2, 0.25) is 5.02 Å². The molecule has 108 valence electrons. The number of alkyl halides is 2. The lowest BCUT2D eigenvalue weighted by molar-refractivity contribution is 0.0674. The quantitative estimate of drug-likeness (QED) is 0.757. The highest BCUT2D eigenvalue weighted by molar-refractivity contribution is 14.1. The molecule has 0 aliphatic carbocycles. The van der Waals surface area contributed by atoms with Crippen LogP contribution < -0.4 is 5.73 Å². The highest BCUT2D eigenvalue weighted by atomic mass is 127. The number of aromatic nitrogens is 2. The molecule has 1 heterocycles. The summed E-state index contributed by atoms with van der Waals surface area (Å²) < 4.78 is 26.4. The maximum atomic E-state index is 12.8. The molecule has 0 amide bonds. The molecule has 1 aromatic carbocycles. The Kier molecular flexibility index (Phi) is 4.95. The maximum Gasteiger partial charge on any atom is 0.320 e. The van der Waals surface area contributed by atoms with Gasteiger partial charge < -0.3 is 10.8 Å². The third-order valence-corrected chi connectivity index (χ3v) is 3.92. The monoisotopic (exact) mass is 413 g/mol. The zero-order valence-corrected chi connectivity index (χ0v) is 13.0. The molecule has 0 fully saturated rings. The van der Waals surface area contributed by atoms with Crippen LogP contribution in [0.25, 0.3) is 11.3 Å². The third-order valence-electron chi connectivity index (χ3n) is 2.79. The van der Waals surface area contributed by atoms with Gasteiger partial charge in [0.2, 0.25) is 0 Å². The van der Waals surface area contributed by atoms with Gasteiger partial charge in [0.1, 0.15) is 0 Å². The third kappa shape index (κ3) is 3.11. The Hall–Kier alpha value is -0.770. The van der Waals surface area contributed by atoms with Crippen molar-refractivity contribution in [3.63, 3.8) is 0 Å². The largest absolute Gasteiger partial charge is 0.394 e. The lowest BCUT2D eigenvalue weighted by atomic mass is 10.0. The molecule has 2 rings (SSSR count). The van der Waals surface area contributed by atoms with Crippen LogP contribution in [-0.4, -0.2) is 21.3 Å². The summed E-state index contributed by atoms with van der Waals surface area (Å²) in [4.78, 5) is 4.07. The highest BCUT2D eigenvalue weighted by Crippen LogP contribution is 2.31. The molecular formula is C12H11ClF2IN3O. The molecule has 0 radical (unpaired) electrons. The topological polar surface area (TPSA) is 64.1 Å². The van der Waals surface area contributed by atoms with Gasteiger partial charge in [-0.2, -0.15) is 8.78 Å². The van der Waals surface area contributed by atoms with Crippen LogP contribution in [-0.2, 0) is 0 Å². The molecule has 1 aromatic heterocycles. The molecule has 20 heavy (non-hydrogen) atoms. The lowest BCUT2D eigenvalue weighted by Crippen LogP contribution is -2.14. The Morgan fingerprint density at radius 2 is 2.15 bits per heavy atom. The van der Waals surface area contributed by atoms with Gasteiger partial charge in [0.15, 0.2) is 3.83 Å². The number of imidazole rings is 1. The lowest BCUT2D eigenvalue weighted by Gasteiger charge is -2.10. The number of aliphatic hydroxyl groups excluding tert-OH is 1. The number of benzene rings is 1. The zero-order chi connectivity index (χ0) is 14.9. The molecule has 0 aliphatic heterocycles. The summed E-state index contributed by atoms with van der Waals surface area (Å²) >= 11 is 7.81. The molecule has 3 N–H and O–H groups in total. The molecule has 8 heteroatoms. The molecule has 2 aromatic rings. The van der Waals surface area contributed by atoms with E-state index in [0.717, 1.165) is 4.57 Å². The van der Waals surface area contributed by atoms with Gasteiger partial charge in [0, 0.05) is 34.4 Å². The Morgan fingerprint density at radius 1 is 1.45 bits per heavy atom. The van der Waals surface area contributed by atoms with Crippen LogP contribution in [0.5, 0.6) is 0 Å². The normalized spacial score (nSPS) is 12.9. The first-order valence-corrected chi connectivity index (χ1v) is 7.08. The molecule has 1 atom stereocenters. The van der Waals surface area contributed by atoms with E-state index < -0.39 is 12.6 Å². The van der Waals surface area contributed by atoms with E-state index in [1.165, 1.54) is 6.20 Å². The SMILES string of the molecule is NC(CO)c1ccc(Cl)c(-c2cn(C(F)F)c(I)n2)c1. The minimum atomic E-state index is -2.66. The molecule has 0 bridgehead atoms. The van der Waals surface area contributed by atoms with Crippen molar-refractivity contribution in [1.29, 1.82) is 0 Å². The number of halogens is 4. The van der Waals surface area contributed by atoms with E-state index in [1.54, 1.807) is 40.8 Å². The second kappa shape index (κ2) is 6.33. The van der Waals surface area contributed by atoms with Gasteiger partial charge in [0.25, 0.3) is 0 Å². The van der Waals surface area contributed by atoms with E-state index in [2.05, 4.69) is 4.98 Å². The number of nitrogens with zero attached hydrogens (tertiary/aromatic N) is 2. The van der Waals surface area contributed by atoms with Crippen LogP contribution in [0.3, 0.4) is 0 Å². The van der Waals surface area contributed by atoms with E-state index in [1.807, 2.05) is 0 Å². The molecular weight excluding hydrogens is 403 g/mol. The van der Waals surface area contributed by atoms with E-state index in [-0.39, 0.29) is 10.4 Å². The van der Waals surface area contributed by atoms with E-state index in [9.17, 15) is 8.78 Å². The Balaban J connectivity index is 2.49. The summed E-state index contributed by atoms with van der Waals surface area (Å²) in [7, 11) is 0. The molecule has 0 spiro atoms. The van der Waals surface area contributed by atoms with Gasteiger partial charge in [0.05, 0.1) is 23.4 Å². The van der Waals surface area contributed by atoms with Crippen LogP contribution >= 0.6 is 34.2 Å². The fraction of sp³-hybridized carbons (Fsp3) is 0.250. The van der Waals surface area contributed by atoms with Gasteiger partial charge in [-0.05, 0) is 17.7 Å². The fourth-order valence-electron chi connectivity index (χ4n) is 1.71. The summed E-state index contributed by atoms with van der Waals surface area (Å²) in [6.07, 6.45) is 1.24. The minimum Gasteiger partial charge on any atom is -0.394 e. The van der Waals surface area contributed by atoms with Gasteiger partial charge in [-0.3, -0.25) is 4.57 Å². The summed E-state index contributed by atoms with van der Waals surface area (Å²) in [6.45, 7) is -2.88. The molecule has 0 aliphatic rings. The molecule has 0 saturated heterocycles. The number of aliphatic hydroxyl groups is 1. The van der Waals surface area contributed by atoms with Crippen molar-refractivity contribution in [2.75, 3.05) is 6.61 Å². The van der Waals surface area contributed by atoms with Crippen LogP contribution in [0.4, 0.5) is 8.78 Å². The van der Waals surface area contributed by atoms with Crippen LogP contribution in [0, 0.1) is 3.83 Å². The summed E-state index contributed by atoms with van der Waals surface area (Å²) in [6, 6.07) is 4.39. The molecule has 1 unspecified atom stereocenters. The van der Waals surface area contributed by atoms with Gasteiger partial charge in [-0.15, -0.1) is 0 Å². The molecule has 0 saturated carbocycles. The van der Waals surface area contributed by atoms with Crippen molar-refractivity contribution >= 4 is 34.2 Å². The van der Waals surface area contributed by atoms with Gasteiger partial charge in [-0.1, -0.05) is 17.7 Å². The summed E-state index contributed by atoms with van der Waals surface area (Å²) in [5.74, 6) is 0. The van der Waals surface area contributed by atoms with E-state index >= 15 is 0 Å². The Morgan fingerprint density at radius 3 is 2.70 bits per heavy atom. The van der Waals surface area contributed by atoms with Gasteiger partial charge >= 0.3 is 6.55 Å². The van der Waals surface area contributed by atoms with Crippen molar-refractivity contribution in [3.05, 3.63) is 38.8 Å². The van der Waals surface area contributed by atoms with Crippen molar-refractivity contribution in [2.24, 2.45) is 5.73 Å². The van der Waals surface area contributed by atoms with E-state index in [0.29, 0.717) is 21.8 Å². The predicted octanol–water partition coefficient (Wildman–Crippen LogP) is 3.20. The van der Waals surface area contributed by atoms with Crippen molar-refractivity contribution in [3.8, 4) is 11.3 Å². The maximum absolute atomic E-state index is 12.8. The zero-order valence-electron chi connectivity index (χ0n) is 10.1. The van der Waals surface area contributed by atoms with Crippen LogP contribution in [0.15, 0.2) is 24.4 Å². The summed E-state index contributed by atoms with van der Waals surface area (Å²) in [5.41, 5.74) is 7.24. The second-order valence-electron chi connectivity index (χ2n) is 4.11. The minimum absolute atomic E-state index is 0.167. The number of hydrogen-bond donors (Lipinski definition) is 2. The van der Waals surface area contributed by atoms with Gasteiger partial charge in [-0.25, -0.2) is 4.98 Å². The average molecular weight is 414 g/mol.